The van der Waals surface area contributed by atoms with Crippen LogP contribution in [0, 0.1) is 5.92 Å². The number of carbonyl (C=O) groups excluding carboxylic acids is 1. The maximum absolute atomic E-state index is 13.2. The summed E-state index contributed by atoms with van der Waals surface area (Å²) in [6.45, 7) is 6.36. The van der Waals surface area contributed by atoms with Crippen LogP contribution in [0.2, 0.25) is 0 Å². The van der Waals surface area contributed by atoms with E-state index in [0.717, 1.165) is 88.0 Å². The molecule has 5 rings (SSSR count). The maximum Gasteiger partial charge on any atom is 0.226 e. The molecular formula is C25H33N5O2. The number of benzene rings is 1. The van der Waals surface area contributed by atoms with Gasteiger partial charge in [-0.3, -0.25) is 9.69 Å². The normalized spacial score (nSPS) is 21.5. The number of aromatic nitrogens is 2. The minimum Gasteiger partial charge on any atom is -0.496 e. The number of para-hydroxylation sites is 1. The molecule has 1 aliphatic carbocycles. The Labute approximate surface area is 190 Å². The van der Waals surface area contributed by atoms with Crippen molar-refractivity contribution in [2.24, 2.45) is 5.92 Å². The largest absolute Gasteiger partial charge is 0.496 e. The number of rotatable bonds is 5. The van der Waals surface area contributed by atoms with Gasteiger partial charge in [0.05, 0.1) is 7.11 Å². The molecule has 2 saturated heterocycles. The molecule has 170 valence electrons. The van der Waals surface area contributed by atoms with E-state index < -0.39 is 0 Å². The van der Waals surface area contributed by atoms with Crippen molar-refractivity contribution in [1.82, 2.24) is 19.8 Å². The van der Waals surface area contributed by atoms with E-state index in [0.29, 0.717) is 5.91 Å². The highest BCUT2D eigenvalue weighted by atomic mass is 16.5. The monoisotopic (exact) mass is 435 g/mol. The maximum atomic E-state index is 13.2. The van der Waals surface area contributed by atoms with Crippen molar-refractivity contribution in [2.75, 3.05) is 51.3 Å². The molecule has 0 spiro atoms. The van der Waals surface area contributed by atoms with Crippen molar-refractivity contribution in [3.63, 3.8) is 0 Å². The van der Waals surface area contributed by atoms with E-state index >= 15 is 0 Å². The number of hydrogen-bond donors (Lipinski definition) is 0. The minimum absolute atomic E-state index is 0.0597. The zero-order chi connectivity index (χ0) is 21.9. The van der Waals surface area contributed by atoms with Crippen molar-refractivity contribution in [3.05, 3.63) is 47.3 Å². The average Bonchev–Trinajstić information content (AvgIpc) is 3.39. The molecule has 0 N–H and O–H groups in total. The Morgan fingerprint density at radius 3 is 2.66 bits per heavy atom. The first-order valence-electron chi connectivity index (χ1n) is 11.9. The van der Waals surface area contributed by atoms with Gasteiger partial charge in [-0.1, -0.05) is 18.2 Å². The van der Waals surface area contributed by atoms with Gasteiger partial charge in [0, 0.05) is 69.2 Å². The lowest BCUT2D eigenvalue weighted by Crippen LogP contribution is -2.50. The Bertz CT molecular complexity index is 951. The molecule has 0 saturated carbocycles. The van der Waals surface area contributed by atoms with E-state index in [1.54, 1.807) is 7.11 Å². The summed E-state index contributed by atoms with van der Waals surface area (Å²) in [5.74, 6) is 2.17. The molecular weight excluding hydrogens is 402 g/mol. The Morgan fingerprint density at radius 1 is 1.09 bits per heavy atom. The van der Waals surface area contributed by atoms with Crippen molar-refractivity contribution in [3.8, 4) is 5.75 Å². The molecule has 1 aromatic heterocycles. The first-order valence-corrected chi connectivity index (χ1v) is 11.9. The molecule has 2 fully saturated rings. The van der Waals surface area contributed by atoms with Gasteiger partial charge >= 0.3 is 0 Å². The minimum atomic E-state index is 0.0597. The lowest BCUT2D eigenvalue weighted by Gasteiger charge is -2.37. The number of methoxy groups -OCH3 is 1. The third-order valence-corrected chi connectivity index (χ3v) is 7.15. The van der Waals surface area contributed by atoms with Gasteiger partial charge in [-0.25, -0.2) is 9.97 Å². The van der Waals surface area contributed by atoms with E-state index in [9.17, 15) is 4.79 Å². The summed E-state index contributed by atoms with van der Waals surface area (Å²) in [6, 6.07) is 8.18. The SMILES string of the molecule is COc1ccccc1CN1CCN(C(=O)C2CCc3nc(N4CCCC4)ncc3C2)CC1. The number of ether oxygens (including phenoxy) is 1. The summed E-state index contributed by atoms with van der Waals surface area (Å²) in [6.07, 6.45) is 6.97. The highest BCUT2D eigenvalue weighted by Crippen LogP contribution is 2.28. The number of fused-ring (bicyclic) bond motifs is 1. The summed E-state index contributed by atoms with van der Waals surface area (Å²) in [5.41, 5.74) is 3.51. The van der Waals surface area contributed by atoms with Gasteiger partial charge in [0.1, 0.15) is 5.75 Å². The number of carbonyl (C=O) groups is 1. The molecule has 7 nitrogen and oxygen atoms in total. The van der Waals surface area contributed by atoms with Crippen LogP contribution in [0.25, 0.3) is 0 Å². The average molecular weight is 436 g/mol. The van der Waals surface area contributed by atoms with Crippen LogP contribution in [0.3, 0.4) is 0 Å². The fourth-order valence-electron chi connectivity index (χ4n) is 5.24. The number of hydrogen-bond acceptors (Lipinski definition) is 6. The molecule has 7 heteroatoms. The third-order valence-electron chi connectivity index (χ3n) is 7.15. The van der Waals surface area contributed by atoms with Gasteiger partial charge in [-0.05, 0) is 43.7 Å². The predicted molar refractivity (Wildman–Crippen MR) is 124 cm³/mol. The molecule has 2 aromatic rings. The second kappa shape index (κ2) is 9.45. The first-order chi connectivity index (χ1) is 15.7. The van der Waals surface area contributed by atoms with Crippen LogP contribution in [0.4, 0.5) is 5.95 Å². The summed E-state index contributed by atoms with van der Waals surface area (Å²) in [7, 11) is 1.72. The number of anilines is 1. The van der Waals surface area contributed by atoms with Gasteiger partial charge in [0.15, 0.2) is 0 Å². The van der Waals surface area contributed by atoms with Gasteiger partial charge in [-0.15, -0.1) is 0 Å². The predicted octanol–water partition coefficient (Wildman–Crippen LogP) is 2.53. The van der Waals surface area contributed by atoms with E-state index in [-0.39, 0.29) is 5.92 Å². The van der Waals surface area contributed by atoms with Crippen LogP contribution >= 0.6 is 0 Å². The molecule has 0 bridgehead atoms. The van der Waals surface area contributed by atoms with E-state index in [1.807, 2.05) is 18.3 Å². The summed E-state index contributed by atoms with van der Waals surface area (Å²) >= 11 is 0. The fraction of sp³-hybridized carbons (Fsp3) is 0.560. The molecule has 1 aromatic carbocycles. The van der Waals surface area contributed by atoms with E-state index in [2.05, 4.69) is 31.8 Å². The molecule has 3 heterocycles. The smallest absolute Gasteiger partial charge is 0.226 e. The zero-order valence-corrected chi connectivity index (χ0v) is 19.0. The zero-order valence-electron chi connectivity index (χ0n) is 19.0. The summed E-state index contributed by atoms with van der Waals surface area (Å²) in [4.78, 5) is 29.4. The topological polar surface area (TPSA) is 61.8 Å². The molecule has 1 unspecified atom stereocenters. The number of piperazine rings is 1. The van der Waals surface area contributed by atoms with Crippen LogP contribution in [-0.2, 0) is 24.2 Å². The fourth-order valence-corrected chi connectivity index (χ4v) is 5.24. The lowest BCUT2D eigenvalue weighted by atomic mass is 9.86. The van der Waals surface area contributed by atoms with Gasteiger partial charge in [0.2, 0.25) is 11.9 Å². The van der Waals surface area contributed by atoms with Crippen LogP contribution in [-0.4, -0.2) is 72.1 Å². The molecule has 2 aliphatic heterocycles. The van der Waals surface area contributed by atoms with E-state index in [1.165, 1.54) is 18.4 Å². The number of amides is 1. The summed E-state index contributed by atoms with van der Waals surface area (Å²) in [5, 5.41) is 0. The van der Waals surface area contributed by atoms with Crippen LogP contribution in [0.15, 0.2) is 30.5 Å². The van der Waals surface area contributed by atoms with E-state index in [4.69, 9.17) is 9.72 Å². The standard InChI is InChI=1S/C25H33N5O2/c1-32-23-7-3-2-6-20(23)18-28-12-14-29(15-13-28)24(31)19-8-9-22-21(16-19)17-26-25(27-22)30-10-4-5-11-30/h2-3,6-7,17,19H,4-5,8-16,18H2,1H3. The Hall–Kier alpha value is -2.67. The quantitative estimate of drug-likeness (QED) is 0.719. The third kappa shape index (κ3) is 4.44. The highest BCUT2D eigenvalue weighted by Gasteiger charge is 2.31. The van der Waals surface area contributed by atoms with Gasteiger partial charge in [0.25, 0.3) is 0 Å². The molecule has 1 atom stereocenters. The Morgan fingerprint density at radius 2 is 1.88 bits per heavy atom. The van der Waals surface area contributed by atoms with Crippen molar-refractivity contribution in [1.29, 1.82) is 0 Å². The van der Waals surface area contributed by atoms with Crippen LogP contribution in [0.1, 0.15) is 36.1 Å². The Kier molecular flexibility index (Phi) is 6.26. The van der Waals surface area contributed by atoms with Crippen molar-refractivity contribution < 1.29 is 9.53 Å². The highest BCUT2D eigenvalue weighted by molar-refractivity contribution is 5.79. The first kappa shape index (κ1) is 21.2. The summed E-state index contributed by atoms with van der Waals surface area (Å²) < 4.78 is 5.49. The number of aryl methyl sites for hydroxylation is 1. The lowest BCUT2D eigenvalue weighted by molar-refractivity contribution is -0.137. The molecule has 1 amide bonds. The van der Waals surface area contributed by atoms with Crippen LogP contribution < -0.4 is 9.64 Å². The second-order valence-corrected chi connectivity index (χ2v) is 9.19. The second-order valence-electron chi connectivity index (χ2n) is 9.19. The molecule has 32 heavy (non-hydrogen) atoms. The van der Waals surface area contributed by atoms with Crippen molar-refractivity contribution >= 4 is 11.9 Å². The molecule has 3 aliphatic rings. The van der Waals surface area contributed by atoms with Gasteiger partial charge < -0.3 is 14.5 Å². The Balaban J connectivity index is 1.16. The van der Waals surface area contributed by atoms with Gasteiger partial charge in [-0.2, -0.15) is 0 Å². The van der Waals surface area contributed by atoms with Crippen LogP contribution in [0.5, 0.6) is 5.75 Å². The van der Waals surface area contributed by atoms with Crippen molar-refractivity contribution in [2.45, 2.75) is 38.6 Å². The number of nitrogens with zero attached hydrogens (tertiary/aromatic N) is 5. The molecule has 0 radical (unpaired) electrons.